The van der Waals surface area contributed by atoms with E-state index in [0.29, 0.717) is 25.1 Å². The summed E-state index contributed by atoms with van der Waals surface area (Å²) >= 11 is 0. The highest BCUT2D eigenvalue weighted by Crippen LogP contribution is 2.34. The van der Waals surface area contributed by atoms with Gasteiger partial charge in [0.05, 0.1) is 13.2 Å². The number of aldehydes is 1. The fraction of sp³-hybridized carbons (Fsp3) is 0.477. The van der Waals surface area contributed by atoms with Crippen LogP contribution in [0.5, 0.6) is 11.5 Å². The number of carbonyl (C=O) groups excluding carboxylic acids is 1. The van der Waals surface area contributed by atoms with Gasteiger partial charge in [0.25, 0.3) is 0 Å². The minimum absolute atomic E-state index is 0.102. The third kappa shape index (κ3) is 18.6. The molecule has 0 radical (unpaired) electrons. The number of hydrogen-bond donors (Lipinski definition) is 2. The molecule has 0 unspecified atom stereocenters. The van der Waals surface area contributed by atoms with E-state index in [1.807, 2.05) is 43.3 Å². The maximum absolute atomic E-state index is 15.7. The average molecular weight is 723 g/mol. The Hall–Kier alpha value is -3.82. The molecule has 0 amide bonds. The molecular weight excluding hydrogens is 659 g/mol. The van der Waals surface area contributed by atoms with Crippen molar-refractivity contribution in [2.45, 2.75) is 97.8 Å². The Bertz CT molecular complexity index is 1420. The first-order chi connectivity index (χ1) is 25.3. The summed E-state index contributed by atoms with van der Waals surface area (Å²) in [5, 5.41) is 16.7. The van der Waals surface area contributed by atoms with E-state index in [1.165, 1.54) is 44.9 Å². The molecule has 0 aliphatic carbocycles. The summed E-state index contributed by atoms with van der Waals surface area (Å²) in [5.74, 6) is 1.38. The summed E-state index contributed by atoms with van der Waals surface area (Å²) in [6.45, 7) is 14.0. The molecule has 8 heteroatoms. The smallest absolute Gasteiger partial charge is 0.147 e. The Morgan fingerprint density at radius 1 is 0.731 bits per heavy atom. The predicted molar refractivity (Wildman–Crippen MR) is 212 cm³/mol. The molecule has 0 atom stereocenters. The van der Waals surface area contributed by atoms with Gasteiger partial charge in [0.2, 0.25) is 0 Å². The van der Waals surface area contributed by atoms with Gasteiger partial charge in [-0.1, -0.05) is 102 Å². The van der Waals surface area contributed by atoms with Gasteiger partial charge in [0.15, 0.2) is 0 Å². The highest BCUT2D eigenvalue weighted by molar-refractivity contribution is 5.73. The molecule has 0 saturated carbocycles. The maximum atomic E-state index is 15.7. The molecule has 52 heavy (non-hydrogen) atoms. The van der Waals surface area contributed by atoms with E-state index in [4.69, 9.17) is 24.6 Å². The molecule has 3 rings (SSSR count). The molecule has 0 spiro atoms. The number of hydrogen-bond acceptors (Lipinski definition) is 7. The maximum Gasteiger partial charge on any atom is 0.147 e. The van der Waals surface area contributed by atoms with E-state index in [0.717, 1.165) is 71.4 Å². The standard InChI is InChI=1S/C37H51FO5.C4H6O2.C3H6/c1-4-6-8-10-12-14-32-26-29(17-20-36(32)42-24-25-43-39)30-16-19-34(35(38)28-30)31-18-21-37(41-23-22-40-3)33(27-31)15-13-11-9-7-5-2;1-4(2-5)3-6;1-3-2/h16-21,26-28,39H,4-15,22-25H2,1-3H3;2,6H,1,3H2;3H,1H2,2H3. The normalized spacial score (nSPS) is 10.4. The van der Waals surface area contributed by atoms with Crippen LogP contribution < -0.4 is 9.47 Å². The molecule has 0 aliphatic heterocycles. The summed E-state index contributed by atoms with van der Waals surface area (Å²) < 4.78 is 32.7. The second-order valence-corrected chi connectivity index (χ2v) is 12.5. The van der Waals surface area contributed by atoms with Crippen molar-refractivity contribution in [1.29, 1.82) is 0 Å². The van der Waals surface area contributed by atoms with Crippen LogP contribution in [0.15, 0.2) is 79.4 Å². The first kappa shape index (κ1) is 46.2. The third-order valence-corrected chi connectivity index (χ3v) is 8.18. The number of ether oxygens (including phenoxy) is 3. The lowest BCUT2D eigenvalue weighted by Gasteiger charge is -2.15. The van der Waals surface area contributed by atoms with Crippen molar-refractivity contribution in [2.75, 3.05) is 40.1 Å². The second kappa shape index (κ2) is 29.7. The van der Waals surface area contributed by atoms with E-state index in [1.54, 1.807) is 19.3 Å². The summed E-state index contributed by atoms with van der Waals surface area (Å²) in [4.78, 5) is 13.6. The Labute approximate surface area is 312 Å². The Balaban J connectivity index is 0.00000134. The van der Waals surface area contributed by atoms with Crippen molar-refractivity contribution in [3.8, 4) is 33.8 Å². The molecule has 3 aromatic rings. The largest absolute Gasteiger partial charge is 0.491 e. The molecule has 7 nitrogen and oxygen atoms in total. The van der Waals surface area contributed by atoms with Crippen molar-refractivity contribution >= 4 is 6.29 Å². The number of aliphatic hydroxyl groups excluding tert-OH is 1. The fourth-order valence-electron chi connectivity index (χ4n) is 5.41. The number of halogens is 1. The minimum atomic E-state index is -0.249. The van der Waals surface area contributed by atoms with Crippen LogP contribution in [0.4, 0.5) is 4.39 Å². The van der Waals surface area contributed by atoms with Crippen LogP contribution >= 0.6 is 0 Å². The number of unbranched alkanes of at least 4 members (excludes halogenated alkanes) is 8. The van der Waals surface area contributed by atoms with Crippen molar-refractivity contribution in [2.24, 2.45) is 0 Å². The minimum Gasteiger partial charge on any atom is -0.491 e. The van der Waals surface area contributed by atoms with Gasteiger partial charge >= 0.3 is 0 Å². The van der Waals surface area contributed by atoms with Crippen LogP contribution in [0.3, 0.4) is 0 Å². The molecule has 0 saturated heterocycles. The Morgan fingerprint density at radius 3 is 1.67 bits per heavy atom. The lowest BCUT2D eigenvalue weighted by atomic mass is 9.95. The van der Waals surface area contributed by atoms with Crippen molar-refractivity contribution in [1.82, 2.24) is 0 Å². The molecule has 288 valence electrons. The van der Waals surface area contributed by atoms with Crippen LogP contribution in [-0.2, 0) is 27.3 Å². The highest BCUT2D eigenvalue weighted by atomic mass is 19.1. The van der Waals surface area contributed by atoms with E-state index < -0.39 is 0 Å². The van der Waals surface area contributed by atoms with Crippen molar-refractivity contribution in [3.63, 3.8) is 0 Å². The summed E-state index contributed by atoms with van der Waals surface area (Å²) in [6, 6.07) is 17.5. The zero-order valence-electron chi connectivity index (χ0n) is 32.1. The number of aliphatic hydroxyl groups is 1. The van der Waals surface area contributed by atoms with E-state index in [-0.39, 0.29) is 31.2 Å². The quantitative estimate of drug-likeness (QED) is 0.0237. The zero-order chi connectivity index (χ0) is 38.4. The zero-order valence-corrected chi connectivity index (χ0v) is 32.1. The van der Waals surface area contributed by atoms with Crippen LogP contribution in [-0.4, -0.2) is 56.8 Å². The molecule has 0 heterocycles. The topological polar surface area (TPSA) is 94.5 Å². The van der Waals surface area contributed by atoms with Crippen LogP contribution in [0.25, 0.3) is 22.3 Å². The van der Waals surface area contributed by atoms with Gasteiger partial charge < -0.3 is 19.3 Å². The molecule has 0 aliphatic rings. The monoisotopic (exact) mass is 722 g/mol. The number of allylic oxidation sites excluding steroid dienone is 1. The van der Waals surface area contributed by atoms with Crippen LogP contribution in [0, 0.1) is 5.82 Å². The molecule has 0 bridgehead atoms. The fourth-order valence-corrected chi connectivity index (χ4v) is 5.41. The van der Waals surface area contributed by atoms with Gasteiger partial charge in [-0.3, -0.25) is 10.1 Å². The number of rotatable bonds is 24. The first-order valence-corrected chi connectivity index (χ1v) is 18.7. The summed E-state index contributed by atoms with van der Waals surface area (Å²) in [6.07, 6.45) is 15.9. The second-order valence-electron chi connectivity index (χ2n) is 12.5. The highest BCUT2D eigenvalue weighted by Gasteiger charge is 2.13. The lowest BCUT2D eigenvalue weighted by Crippen LogP contribution is -2.06. The Kier molecular flexibility index (Phi) is 26.4. The number of benzene rings is 3. The molecule has 3 aromatic carbocycles. The number of aryl methyl sites for hydroxylation is 2. The van der Waals surface area contributed by atoms with Gasteiger partial charge in [-0.25, -0.2) is 9.28 Å². The number of methoxy groups -OCH3 is 1. The van der Waals surface area contributed by atoms with Crippen LogP contribution in [0.1, 0.15) is 96.1 Å². The predicted octanol–water partition coefficient (Wildman–Crippen LogP) is 11.0. The summed E-state index contributed by atoms with van der Waals surface area (Å²) in [5.41, 5.74) is 5.64. The van der Waals surface area contributed by atoms with Crippen LogP contribution in [0.2, 0.25) is 0 Å². The molecular formula is C44H63FO7. The molecule has 0 fully saturated rings. The van der Waals surface area contributed by atoms with Gasteiger partial charge in [-0.15, -0.1) is 6.58 Å². The summed E-state index contributed by atoms with van der Waals surface area (Å²) in [7, 11) is 1.67. The van der Waals surface area contributed by atoms with Gasteiger partial charge in [0.1, 0.15) is 43.4 Å². The van der Waals surface area contributed by atoms with E-state index in [9.17, 15) is 4.79 Å². The molecule has 0 aromatic heterocycles. The van der Waals surface area contributed by atoms with Crippen molar-refractivity contribution in [3.05, 3.63) is 96.3 Å². The SMILES string of the molecule is C=C(C=O)CO.C=CC.CCCCCCCc1cc(-c2ccc(-c3ccc(OCCOO)c(CCCCCCC)c3)cc2F)ccc1OCCOC. The lowest BCUT2D eigenvalue weighted by molar-refractivity contribution is -0.245. The van der Waals surface area contributed by atoms with E-state index in [2.05, 4.69) is 44.0 Å². The first-order valence-electron chi connectivity index (χ1n) is 18.7. The van der Waals surface area contributed by atoms with Gasteiger partial charge in [0, 0.05) is 18.2 Å². The average Bonchev–Trinajstić information content (AvgIpc) is 3.16. The van der Waals surface area contributed by atoms with Gasteiger partial charge in [-0.2, -0.15) is 0 Å². The molecule has 2 N–H and O–H groups in total. The third-order valence-electron chi connectivity index (χ3n) is 8.18. The Morgan fingerprint density at radius 2 is 1.21 bits per heavy atom. The van der Waals surface area contributed by atoms with E-state index >= 15 is 4.39 Å². The van der Waals surface area contributed by atoms with Gasteiger partial charge in [-0.05, 0) is 90.8 Å². The number of carbonyl (C=O) groups is 1. The van der Waals surface area contributed by atoms with Crippen molar-refractivity contribution < 1.29 is 38.6 Å².